The molecule has 13 heavy (non-hydrogen) atoms. The Kier molecular flexibility index (Phi) is 6.08. The highest BCUT2D eigenvalue weighted by Crippen LogP contribution is 2.07. The van der Waals surface area contributed by atoms with Crippen molar-refractivity contribution in [3.05, 3.63) is 0 Å². The molecule has 0 saturated carbocycles. The molecule has 0 bridgehead atoms. The minimum Gasteiger partial charge on any atom is -0.461 e. The molecule has 4 heteroatoms. The number of hydrogen-bond acceptors (Lipinski definition) is 3. The van der Waals surface area contributed by atoms with Gasteiger partial charge in [-0.2, -0.15) is 0 Å². The molecule has 0 aliphatic carbocycles. The van der Waals surface area contributed by atoms with Crippen LogP contribution in [0.1, 0.15) is 26.7 Å². The third-order valence-corrected chi connectivity index (χ3v) is 1.89. The minimum atomic E-state index is -0.0568. The predicted octanol–water partition coefficient (Wildman–Crippen LogP) is 1.36. The van der Waals surface area contributed by atoms with Gasteiger partial charge in [0, 0.05) is 13.0 Å². The fourth-order valence-electron chi connectivity index (χ4n) is 1.30. The molecule has 0 amide bonds. The Labute approximate surface area is 85.6 Å². The topological polar surface area (TPSA) is 38.3 Å². The summed E-state index contributed by atoms with van der Waals surface area (Å²) in [6.07, 6.45) is 1.62. The maximum Gasteiger partial charge on any atom is 0.306 e. The van der Waals surface area contributed by atoms with Gasteiger partial charge in [-0.05, 0) is 18.9 Å². The van der Waals surface area contributed by atoms with Crippen molar-refractivity contribution in [1.29, 1.82) is 0 Å². The molecule has 1 heterocycles. The van der Waals surface area contributed by atoms with E-state index in [4.69, 9.17) is 4.74 Å². The summed E-state index contributed by atoms with van der Waals surface area (Å²) in [5.41, 5.74) is 0. The van der Waals surface area contributed by atoms with Crippen molar-refractivity contribution >= 4 is 18.4 Å². The first-order valence-electron chi connectivity index (χ1n) is 4.58. The highest BCUT2D eigenvalue weighted by Gasteiger charge is 2.18. The van der Waals surface area contributed by atoms with Gasteiger partial charge in [0.1, 0.15) is 6.10 Å². The second-order valence-corrected chi connectivity index (χ2v) is 3.70. The van der Waals surface area contributed by atoms with Gasteiger partial charge in [0.05, 0.1) is 0 Å². The molecule has 0 aromatic heterocycles. The highest BCUT2D eigenvalue weighted by atomic mass is 35.5. The number of rotatable bonds is 3. The monoisotopic (exact) mass is 207 g/mol. The van der Waals surface area contributed by atoms with E-state index >= 15 is 0 Å². The summed E-state index contributed by atoms with van der Waals surface area (Å²) in [7, 11) is 0. The van der Waals surface area contributed by atoms with E-state index in [1.165, 1.54) is 0 Å². The van der Waals surface area contributed by atoms with Crippen molar-refractivity contribution in [2.75, 3.05) is 13.1 Å². The fraction of sp³-hybridized carbons (Fsp3) is 0.889. The lowest BCUT2D eigenvalue weighted by Gasteiger charge is -2.11. The molecule has 1 fully saturated rings. The van der Waals surface area contributed by atoms with E-state index in [9.17, 15) is 4.79 Å². The SMILES string of the molecule is CC(C)CC(=O)OC1CCNC1.Cl. The first kappa shape index (κ1) is 12.7. The van der Waals surface area contributed by atoms with Gasteiger partial charge >= 0.3 is 5.97 Å². The number of esters is 1. The molecular weight excluding hydrogens is 190 g/mol. The molecule has 3 nitrogen and oxygen atoms in total. The molecule has 1 N–H and O–H groups in total. The zero-order valence-electron chi connectivity index (χ0n) is 8.21. The summed E-state index contributed by atoms with van der Waals surface area (Å²) in [5, 5.41) is 3.15. The van der Waals surface area contributed by atoms with Gasteiger partial charge in [0.25, 0.3) is 0 Å². The number of carbonyl (C=O) groups excluding carboxylic acids is 1. The molecule has 1 atom stereocenters. The van der Waals surface area contributed by atoms with Gasteiger partial charge in [-0.15, -0.1) is 12.4 Å². The maximum absolute atomic E-state index is 11.2. The summed E-state index contributed by atoms with van der Waals surface area (Å²) in [6, 6.07) is 0. The van der Waals surface area contributed by atoms with Crippen LogP contribution in [-0.2, 0) is 9.53 Å². The molecule has 78 valence electrons. The molecule has 1 saturated heterocycles. The van der Waals surface area contributed by atoms with Crippen molar-refractivity contribution in [1.82, 2.24) is 5.32 Å². The summed E-state index contributed by atoms with van der Waals surface area (Å²) in [5.74, 6) is 0.338. The predicted molar refractivity (Wildman–Crippen MR) is 54.1 cm³/mol. The molecule has 0 aromatic carbocycles. The molecule has 0 spiro atoms. The van der Waals surface area contributed by atoms with Gasteiger partial charge in [-0.1, -0.05) is 13.8 Å². The van der Waals surface area contributed by atoms with E-state index < -0.39 is 0 Å². The van der Waals surface area contributed by atoms with Crippen molar-refractivity contribution in [3.8, 4) is 0 Å². The normalized spacial score (nSPS) is 21.3. The van der Waals surface area contributed by atoms with Crippen LogP contribution in [-0.4, -0.2) is 25.2 Å². The van der Waals surface area contributed by atoms with Crippen molar-refractivity contribution < 1.29 is 9.53 Å². The average molecular weight is 208 g/mol. The Morgan fingerprint density at radius 1 is 1.62 bits per heavy atom. The maximum atomic E-state index is 11.2. The van der Waals surface area contributed by atoms with E-state index in [1.54, 1.807) is 0 Å². The molecule has 1 unspecified atom stereocenters. The van der Waals surface area contributed by atoms with Gasteiger partial charge in [0.15, 0.2) is 0 Å². The Balaban J connectivity index is 0.00000144. The van der Waals surface area contributed by atoms with E-state index in [0.717, 1.165) is 19.5 Å². The van der Waals surface area contributed by atoms with Crippen molar-refractivity contribution in [2.45, 2.75) is 32.8 Å². The number of hydrogen-bond donors (Lipinski definition) is 1. The Morgan fingerprint density at radius 2 is 2.31 bits per heavy atom. The molecule has 1 rings (SSSR count). The Bertz CT molecular complexity index is 156. The quantitative estimate of drug-likeness (QED) is 0.711. The number of carbonyl (C=O) groups is 1. The molecular formula is C9H18ClNO2. The standard InChI is InChI=1S/C9H17NO2.ClH/c1-7(2)5-9(11)12-8-3-4-10-6-8;/h7-8,10H,3-6H2,1-2H3;1H. The lowest BCUT2D eigenvalue weighted by Crippen LogP contribution is -2.21. The first-order valence-corrected chi connectivity index (χ1v) is 4.58. The third-order valence-electron chi connectivity index (χ3n) is 1.89. The molecule has 0 aromatic rings. The van der Waals surface area contributed by atoms with Crippen LogP contribution in [0.2, 0.25) is 0 Å². The summed E-state index contributed by atoms with van der Waals surface area (Å²) in [6.45, 7) is 5.84. The van der Waals surface area contributed by atoms with Crippen LogP contribution < -0.4 is 5.32 Å². The summed E-state index contributed by atoms with van der Waals surface area (Å²) >= 11 is 0. The van der Waals surface area contributed by atoms with E-state index in [-0.39, 0.29) is 24.5 Å². The van der Waals surface area contributed by atoms with Crippen LogP contribution >= 0.6 is 12.4 Å². The van der Waals surface area contributed by atoms with E-state index in [0.29, 0.717) is 12.3 Å². The summed E-state index contributed by atoms with van der Waals surface area (Å²) < 4.78 is 5.22. The largest absolute Gasteiger partial charge is 0.461 e. The number of ether oxygens (including phenoxy) is 1. The van der Waals surface area contributed by atoms with E-state index in [1.807, 2.05) is 13.8 Å². The van der Waals surface area contributed by atoms with Crippen LogP contribution in [0.15, 0.2) is 0 Å². The average Bonchev–Trinajstić information content (AvgIpc) is 2.37. The van der Waals surface area contributed by atoms with Crippen LogP contribution in [0.25, 0.3) is 0 Å². The number of halogens is 1. The molecule has 1 aliphatic rings. The van der Waals surface area contributed by atoms with Gasteiger partial charge < -0.3 is 10.1 Å². The van der Waals surface area contributed by atoms with Gasteiger partial charge in [0.2, 0.25) is 0 Å². The minimum absolute atomic E-state index is 0. The van der Waals surface area contributed by atoms with Crippen molar-refractivity contribution in [3.63, 3.8) is 0 Å². The Hall–Kier alpha value is -0.280. The van der Waals surface area contributed by atoms with Crippen molar-refractivity contribution in [2.24, 2.45) is 5.92 Å². The van der Waals surface area contributed by atoms with E-state index in [2.05, 4.69) is 5.32 Å². The highest BCUT2D eigenvalue weighted by molar-refractivity contribution is 5.85. The van der Waals surface area contributed by atoms with Crippen LogP contribution in [0.3, 0.4) is 0 Å². The van der Waals surface area contributed by atoms with Crippen LogP contribution in [0.4, 0.5) is 0 Å². The lowest BCUT2D eigenvalue weighted by atomic mass is 10.1. The van der Waals surface area contributed by atoms with Crippen LogP contribution in [0.5, 0.6) is 0 Å². The third kappa shape index (κ3) is 5.11. The van der Waals surface area contributed by atoms with Crippen LogP contribution in [0, 0.1) is 5.92 Å². The summed E-state index contributed by atoms with van der Waals surface area (Å²) in [4.78, 5) is 11.2. The molecule has 1 aliphatic heterocycles. The lowest BCUT2D eigenvalue weighted by molar-refractivity contribution is -0.148. The van der Waals surface area contributed by atoms with Gasteiger partial charge in [-0.25, -0.2) is 0 Å². The van der Waals surface area contributed by atoms with Gasteiger partial charge in [-0.3, -0.25) is 4.79 Å². The zero-order valence-corrected chi connectivity index (χ0v) is 9.02. The second-order valence-electron chi connectivity index (χ2n) is 3.70. The zero-order chi connectivity index (χ0) is 8.97. The second kappa shape index (κ2) is 6.22. The fourth-order valence-corrected chi connectivity index (χ4v) is 1.30. The smallest absolute Gasteiger partial charge is 0.306 e. The number of nitrogens with one attached hydrogen (secondary N) is 1. The Morgan fingerprint density at radius 3 is 2.77 bits per heavy atom. The molecule has 0 radical (unpaired) electrons. The first-order chi connectivity index (χ1) is 5.68.